The van der Waals surface area contributed by atoms with Gasteiger partial charge >= 0.3 is 5.97 Å². The Morgan fingerprint density at radius 3 is 2.35 bits per heavy atom. The van der Waals surface area contributed by atoms with E-state index >= 15 is 0 Å². The highest BCUT2D eigenvalue weighted by Crippen LogP contribution is 2.14. The minimum atomic E-state index is -0.129. The highest BCUT2D eigenvalue weighted by Gasteiger charge is 2.11. The summed E-state index contributed by atoms with van der Waals surface area (Å²) < 4.78 is 5.42. The summed E-state index contributed by atoms with van der Waals surface area (Å²) in [7, 11) is 0. The molecule has 0 amide bonds. The molecular weight excluding hydrogens is 248 g/mol. The van der Waals surface area contributed by atoms with Gasteiger partial charge in [0.1, 0.15) is 0 Å². The lowest BCUT2D eigenvalue weighted by Gasteiger charge is -2.14. The summed E-state index contributed by atoms with van der Waals surface area (Å²) in [4.78, 5) is 11.9. The SMILES string of the molecule is CCCCCC/C=C(\C)C(=O)OCC(CC)CCCC. The lowest BCUT2D eigenvalue weighted by Crippen LogP contribution is -2.14. The van der Waals surface area contributed by atoms with E-state index in [0.717, 1.165) is 18.4 Å². The predicted octanol–water partition coefficient (Wildman–Crippen LogP) is 5.66. The van der Waals surface area contributed by atoms with Crippen LogP contribution in [0.3, 0.4) is 0 Å². The molecule has 0 fully saturated rings. The van der Waals surface area contributed by atoms with Crippen molar-refractivity contribution >= 4 is 5.97 Å². The van der Waals surface area contributed by atoms with Crippen LogP contribution >= 0.6 is 0 Å². The Morgan fingerprint density at radius 1 is 1.05 bits per heavy atom. The Hall–Kier alpha value is -0.790. The molecule has 0 aromatic rings. The molecule has 2 nitrogen and oxygen atoms in total. The average Bonchev–Trinajstić information content (AvgIpc) is 2.46. The van der Waals surface area contributed by atoms with E-state index < -0.39 is 0 Å². The first-order valence-corrected chi connectivity index (χ1v) is 8.49. The maximum Gasteiger partial charge on any atom is 0.333 e. The van der Waals surface area contributed by atoms with Gasteiger partial charge in [-0.1, -0.05) is 65.4 Å². The van der Waals surface area contributed by atoms with Crippen LogP contribution in [0.2, 0.25) is 0 Å². The van der Waals surface area contributed by atoms with Gasteiger partial charge in [-0.2, -0.15) is 0 Å². The molecule has 0 saturated carbocycles. The zero-order valence-electron chi connectivity index (χ0n) is 14.0. The lowest BCUT2D eigenvalue weighted by molar-refractivity contribution is -0.140. The van der Waals surface area contributed by atoms with E-state index in [9.17, 15) is 4.79 Å². The number of carbonyl (C=O) groups is 1. The number of allylic oxidation sites excluding steroid dienone is 1. The van der Waals surface area contributed by atoms with E-state index in [2.05, 4.69) is 20.8 Å². The number of esters is 1. The van der Waals surface area contributed by atoms with Crippen molar-refractivity contribution in [2.45, 2.75) is 85.5 Å². The van der Waals surface area contributed by atoms with Gasteiger partial charge < -0.3 is 4.74 Å². The number of hydrogen-bond donors (Lipinski definition) is 0. The van der Waals surface area contributed by atoms with Crippen molar-refractivity contribution in [2.75, 3.05) is 6.61 Å². The fourth-order valence-corrected chi connectivity index (χ4v) is 2.18. The number of hydrogen-bond acceptors (Lipinski definition) is 2. The van der Waals surface area contributed by atoms with E-state index in [1.54, 1.807) is 0 Å². The van der Waals surface area contributed by atoms with E-state index in [4.69, 9.17) is 4.74 Å². The maximum atomic E-state index is 11.9. The third-order valence-corrected chi connectivity index (χ3v) is 3.82. The quantitative estimate of drug-likeness (QED) is 0.262. The summed E-state index contributed by atoms with van der Waals surface area (Å²) in [5, 5.41) is 0. The van der Waals surface area contributed by atoms with Gasteiger partial charge in [0.2, 0.25) is 0 Å². The van der Waals surface area contributed by atoms with Crippen molar-refractivity contribution < 1.29 is 9.53 Å². The molecule has 0 heterocycles. The van der Waals surface area contributed by atoms with E-state index in [-0.39, 0.29) is 5.97 Å². The van der Waals surface area contributed by atoms with Crippen LogP contribution in [0.4, 0.5) is 0 Å². The molecule has 0 N–H and O–H groups in total. The topological polar surface area (TPSA) is 26.3 Å². The molecule has 0 radical (unpaired) electrons. The van der Waals surface area contributed by atoms with Crippen LogP contribution in [-0.4, -0.2) is 12.6 Å². The normalized spacial score (nSPS) is 13.3. The van der Waals surface area contributed by atoms with Gasteiger partial charge in [-0.25, -0.2) is 4.79 Å². The van der Waals surface area contributed by atoms with Gasteiger partial charge in [-0.15, -0.1) is 0 Å². The summed E-state index contributed by atoms with van der Waals surface area (Å²) in [6.07, 6.45) is 12.7. The predicted molar refractivity (Wildman–Crippen MR) is 86.8 cm³/mol. The van der Waals surface area contributed by atoms with Crippen molar-refractivity contribution in [3.63, 3.8) is 0 Å². The molecule has 0 aromatic carbocycles. The molecule has 0 aliphatic carbocycles. The van der Waals surface area contributed by atoms with Gasteiger partial charge in [-0.3, -0.25) is 0 Å². The van der Waals surface area contributed by atoms with Crippen LogP contribution in [0, 0.1) is 5.92 Å². The number of rotatable bonds is 12. The Balaban J connectivity index is 3.90. The molecule has 0 aliphatic rings. The first kappa shape index (κ1) is 19.2. The third-order valence-electron chi connectivity index (χ3n) is 3.82. The third kappa shape index (κ3) is 10.1. The van der Waals surface area contributed by atoms with Crippen molar-refractivity contribution in [3.05, 3.63) is 11.6 Å². The Morgan fingerprint density at radius 2 is 1.75 bits per heavy atom. The van der Waals surface area contributed by atoms with Crippen LogP contribution in [-0.2, 0) is 9.53 Å². The van der Waals surface area contributed by atoms with Gasteiger partial charge in [0, 0.05) is 5.57 Å². The molecule has 0 aromatic heterocycles. The molecule has 0 aliphatic heterocycles. The molecule has 1 atom stereocenters. The van der Waals surface area contributed by atoms with Crippen LogP contribution in [0.1, 0.15) is 85.5 Å². The first-order chi connectivity index (χ1) is 9.65. The maximum absolute atomic E-state index is 11.9. The van der Waals surface area contributed by atoms with E-state index in [1.807, 2.05) is 13.0 Å². The average molecular weight is 282 g/mol. The minimum Gasteiger partial charge on any atom is -0.462 e. The van der Waals surface area contributed by atoms with Crippen molar-refractivity contribution in [1.82, 2.24) is 0 Å². The largest absolute Gasteiger partial charge is 0.462 e. The molecule has 118 valence electrons. The second-order valence-corrected chi connectivity index (χ2v) is 5.75. The minimum absolute atomic E-state index is 0.129. The second-order valence-electron chi connectivity index (χ2n) is 5.75. The number of carbonyl (C=O) groups excluding carboxylic acids is 1. The number of ether oxygens (including phenoxy) is 1. The monoisotopic (exact) mass is 282 g/mol. The fraction of sp³-hybridized carbons (Fsp3) is 0.833. The summed E-state index contributed by atoms with van der Waals surface area (Å²) in [5.74, 6) is 0.395. The van der Waals surface area contributed by atoms with Crippen molar-refractivity contribution in [3.8, 4) is 0 Å². The first-order valence-electron chi connectivity index (χ1n) is 8.49. The van der Waals surface area contributed by atoms with Crippen molar-refractivity contribution in [2.24, 2.45) is 5.92 Å². The molecule has 1 unspecified atom stereocenters. The molecule has 20 heavy (non-hydrogen) atoms. The Bertz CT molecular complexity index is 269. The van der Waals surface area contributed by atoms with Crippen molar-refractivity contribution in [1.29, 1.82) is 0 Å². The second kappa shape index (κ2) is 13.2. The molecule has 2 heteroatoms. The molecule has 0 rings (SSSR count). The number of unbranched alkanes of at least 4 members (excludes halogenated alkanes) is 5. The van der Waals surface area contributed by atoms with E-state index in [0.29, 0.717) is 12.5 Å². The van der Waals surface area contributed by atoms with Gasteiger partial charge in [0.05, 0.1) is 6.61 Å². The van der Waals surface area contributed by atoms with Crippen LogP contribution < -0.4 is 0 Å². The standard InChI is InChI=1S/C18H34O2/c1-5-8-10-11-12-13-16(4)18(19)20-15-17(7-3)14-9-6-2/h13,17H,5-12,14-15H2,1-4H3/b16-13+. The lowest BCUT2D eigenvalue weighted by atomic mass is 10.0. The smallest absolute Gasteiger partial charge is 0.333 e. The van der Waals surface area contributed by atoms with Crippen LogP contribution in [0.5, 0.6) is 0 Å². The fourth-order valence-electron chi connectivity index (χ4n) is 2.18. The summed E-state index contributed by atoms with van der Waals surface area (Å²) in [6, 6.07) is 0. The summed E-state index contributed by atoms with van der Waals surface area (Å²) >= 11 is 0. The van der Waals surface area contributed by atoms with Gasteiger partial charge in [0.15, 0.2) is 0 Å². The van der Waals surface area contributed by atoms with Crippen LogP contribution in [0.15, 0.2) is 11.6 Å². The van der Waals surface area contributed by atoms with Gasteiger partial charge in [0.25, 0.3) is 0 Å². The zero-order valence-corrected chi connectivity index (χ0v) is 14.0. The molecule has 0 spiro atoms. The Labute approximate surface area is 126 Å². The molecular formula is C18H34O2. The summed E-state index contributed by atoms with van der Waals surface area (Å²) in [6.45, 7) is 9.03. The Kier molecular flexibility index (Phi) is 12.7. The highest BCUT2D eigenvalue weighted by atomic mass is 16.5. The molecule has 0 saturated heterocycles. The van der Waals surface area contributed by atoms with E-state index in [1.165, 1.54) is 44.9 Å². The van der Waals surface area contributed by atoms with Gasteiger partial charge in [-0.05, 0) is 32.1 Å². The van der Waals surface area contributed by atoms with Crippen LogP contribution in [0.25, 0.3) is 0 Å². The zero-order chi connectivity index (χ0) is 15.2. The summed E-state index contributed by atoms with van der Waals surface area (Å²) in [5.41, 5.74) is 0.770. The molecule has 0 bridgehead atoms. The highest BCUT2D eigenvalue weighted by molar-refractivity contribution is 5.87.